The summed E-state index contributed by atoms with van der Waals surface area (Å²) < 4.78 is 5.76. The molecule has 0 radical (unpaired) electrons. The molecule has 1 aliphatic rings. The van der Waals surface area contributed by atoms with Crippen molar-refractivity contribution in [3.8, 4) is 5.75 Å². The van der Waals surface area contributed by atoms with Crippen molar-refractivity contribution in [2.75, 3.05) is 0 Å². The summed E-state index contributed by atoms with van der Waals surface area (Å²) in [5, 5.41) is 0. The third-order valence-corrected chi connectivity index (χ3v) is 5.20. The number of hydrogen-bond acceptors (Lipinski definition) is 2. The van der Waals surface area contributed by atoms with Gasteiger partial charge in [-0.3, -0.25) is 0 Å². The highest BCUT2D eigenvalue weighted by atomic mass is 16.5. The van der Waals surface area contributed by atoms with Crippen LogP contribution in [-0.2, 0) is 10.2 Å². The van der Waals surface area contributed by atoms with Gasteiger partial charge in [0.2, 0.25) is 0 Å². The van der Waals surface area contributed by atoms with Crippen LogP contribution in [0.4, 0.5) is 0 Å². The van der Waals surface area contributed by atoms with Gasteiger partial charge in [-0.05, 0) is 49.1 Å². The van der Waals surface area contributed by atoms with E-state index >= 15 is 0 Å². The number of benzene rings is 3. The standard InChI is InChI=1S/C23H20O2/c1-15-9-11-19(12-10-15)23(18-7-5-4-6-8-18)20-13-16(2)17(3)14-21(20)25-22(23)24/h4-14H,1-3H3. The lowest BCUT2D eigenvalue weighted by atomic mass is 9.70. The molecule has 0 spiro atoms. The van der Waals surface area contributed by atoms with Gasteiger partial charge in [-0.1, -0.05) is 66.2 Å². The van der Waals surface area contributed by atoms with Crippen molar-refractivity contribution in [3.63, 3.8) is 0 Å². The van der Waals surface area contributed by atoms with E-state index in [2.05, 4.69) is 13.0 Å². The number of ether oxygens (including phenoxy) is 1. The minimum Gasteiger partial charge on any atom is -0.425 e. The molecule has 0 amide bonds. The summed E-state index contributed by atoms with van der Waals surface area (Å²) in [4.78, 5) is 13.2. The van der Waals surface area contributed by atoms with E-state index < -0.39 is 5.41 Å². The molecule has 1 heterocycles. The van der Waals surface area contributed by atoms with E-state index in [1.807, 2.05) is 74.5 Å². The second-order valence-corrected chi connectivity index (χ2v) is 6.80. The van der Waals surface area contributed by atoms with Gasteiger partial charge in [0.05, 0.1) is 0 Å². The van der Waals surface area contributed by atoms with Crippen LogP contribution in [0, 0.1) is 20.8 Å². The number of aryl methyl sites for hydroxylation is 3. The molecule has 4 rings (SSSR count). The number of carbonyl (C=O) groups excluding carboxylic acids is 1. The van der Waals surface area contributed by atoms with Crippen molar-refractivity contribution in [2.24, 2.45) is 0 Å². The number of carbonyl (C=O) groups is 1. The monoisotopic (exact) mass is 328 g/mol. The van der Waals surface area contributed by atoms with Gasteiger partial charge >= 0.3 is 5.97 Å². The third-order valence-electron chi connectivity index (χ3n) is 5.20. The molecule has 2 heteroatoms. The van der Waals surface area contributed by atoms with Gasteiger partial charge in [0.15, 0.2) is 0 Å². The molecule has 0 N–H and O–H groups in total. The SMILES string of the molecule is Cc1ccc(C2(c3ccccc3)C(=O)Oc3cc(C)c(C)cc32)cc1. The van der Waals surface area contributed by atoms with Gasteiger partial charge in [0.1, 0.15) is 11.2 Å². The molecular weight excluding hydrogens is 308 g/mol. The van der Waals surface area contributed by atoms with Gasteiger partial charge in [-0.25, -0.2) is 4.79 Å². The summed E-state index contributed by atoms with van der Waals surface area (Å²) >= 11 is 0. The lowest BCUT2D eigenvalue weighted by Gasteiger charge is -2.28. The highest BCUT2D eigenvalue weighted by molar-refractivity contribution is 5.98. The lowest BCUT2D eigenvalue weighted by molar-refractivity contribution is -0.135. The minimum atomic E-state index is -0.914. The van der Waals surface area contributed by atoms with Crippen LogP contribution in [0.1, 0.15) is 33.4 Å². The Hall–Kier alpha value is -2.87. The van der Waals surface area contributed by atoms with Gasteiger partial charge in [0.25, 0.3) is 0 Å². The molecule has 0 aromatic heterocycles. The minimum absolute atomic E-state index is 0.234. The van der Waals surface area contributed by atoms with E-state index in [1.54, 1.807) is 0 Å². The zero-order valence-electron chi connectivity index (χ0n) is 14.7. The van der Waals surface area contributed by atoms with Crippen LogP contribution in [0.3, 0.4) is 0 Å². The summed E-state index contributed by atoms with van der Waals surface area (Å²) in [6, 6.07) is 22.2. The van der Waals surface area contributed by atoms with E-state index in [0.717, 1.165) is 27.8 Å². The van der Waals surface area contributed by atoms with Crippen molar-refractivity contribution in [1.29, 1.82) is 0 Å². The quantitative estimate of drug-likeness (QED) is 0.496. The Morgan fingerprint density at radius 2 is 1.36 bits per heavy atom. The zero-order valence-corrected chi connectivity index (χ0v) is 14.7. The Kier molecular flexibility index (Phi) is 3.50. The fourth-order valence-corrected chi connectivity index (χ4v) is 3.66. The Labute approximate surface area is 148 Å². The molecule has 0 saturated carbocycles. The normalized spacial score (nSPS) is 18.8. The van der Waals surface area contributed by atoms with Crippen LogP contribution in [0.25, 0.3) is 0 Å². The second-order valence-electron chi connectivity index (χ2n) is 6.80. The summed E-state index contributed by atoms with van der Waals surface area (Å²) in [5.41, 5.74) is 5.34. The van der Waals surface area contributed by atoms with Crippen LogP contribution in [0.2, 0.25) is 0 Å². The van der Waals surface area contributed by atoms with E-state index in [9.17, 15) is 4.79 Å². The van der Waals surface area contributed by atoms with Gasteiger partial charge in [-0.2, -0.15) is 0 Å². The molecule has 1 atom stereocenters. The van der Waals surface area contributed by atoms with Crippen LogP contribution in [0.5, 0.6) is 5.75 Å². The van der Waals surface area contributed by atoms with Crippen molar-refractivity contribution >= 4 is 5.97 Å². The first-order valence-electron chi connectivity index (χ1n) is 8.50. The van der Waals surface area contributed by atoms with E-state index in [0.29, 0.717) is 5.75 Å². The van der Waals surface area contributed by atoms with Gasteiger partial charge in [0, 0.05) is 5.56 Å². The Bertz CT molecular complexity index is 955. The highest BCUT2D eigenvalue weighted by Gasteiger charge is 2.52. The predicted molar refractivity (Wildman–Crippen MR) is 99.1 cm³/mol. The molecule has 124 valence electrons. The van der Waals surface area contributed by atoms with E-state index in [1.165, 1.54) is 5.56 Å². The molecule has 0 bridgehead atoms. The number of rotatable bonds is 2. The smallest absolute Gasteiger partial charge is 0.331 e. The fraction of sp³-hybridized carbons (Fsp3) is 0.174. The van der Waals surface area contributed by atoms with Crippen LogP contribution in [-0.4, -0.2) is 5.97 Å². The van der Waals surface area contributed by atoms with E-state index in [-0.39, 0.29) is 5.97 Å². The Balaban J connectivity index is 2.09. The van der Waals surface area contributed by atoms with Crippen molar-refractivity contribution in [2.45, 2.75) is 26.2 Å². The fourth-order valence-electron chi connectivity index (χ4n) is 3.66. The van der Waals surface area contributed by atoms with E-state index in [4.69, 9.17) is 4.74 Å². The van der Waals surface area contributed by atoms with Crippen molar-refractivity contribution in [3.05, 3.63) is 100 Å². The average Bonchev–Trinajstić information content (AvgIpc) is 2.89. The average molecular weight is 328 g/mol. The topological polar surface area (TPSA) is 26.3 Å². The molecule has 3 aromatic rings. The summed E-state index contributed by atoms with van der Waals surface area (Å²) in [5.74, 6) is 0.431. The number of esters is 1. The molecular formula is C23H20O2. The zero-order chi connectivity index (χ0) is 17.6. The maximum absolute atomic E-state index is 13.2. The molecule has 0 fully saturated rings. The highest BCUT2D eigenvalue weighted by Crippen LogP contribution is 2.49. The van der Waals surface area contributed by atoms with Gasteiger partial charge in [-0.15, -0.1) is 0 Å². The molecule has 0 saturated heterocycles. The lowest BCUT2D eigenvalue weighted by Crippen LogP contribution is -2.36. The first-order valence-corrected chi connectivity index (χ1v) is 8.50. The van der Waals surface area contributed by atoms with Crippen molar-refractivity contribution in [1.82, 2.24) is 0 Å². The maximum Gasteiger partial charge on any atom is 0.331 e. The van der Waals surface area contributed by atoms with Crippen LogP contribution in [0.15, 0.2) is 66.7 Å². The molecule has 3 aromatic carbocycles. The molecule has 1 aliphatic heterocycles. The predicted octanol–water partition coefficient (Wildman–Crippen LogP) is 4.87. The Morgan fingerprint density at radius 3 is 2.04 bits per heavy atom. The summed E-state index contributed by atoms with van der Waals surface area (Å²) in [6.07, 6.45) is 0. The maximum atomic E-state index is 13.2. The Morgan fingerprint density at radius 1 is 0.760 bits per heavy atom. The molecule has 1 unspecified atom stereocenters. The summed E-state index contributed by atoms with van der Waals surface area (Å²) in [6.45, 7) is 6.16. The largest absolute Gasteiger partial charge is 0.425 e. The van der Waals surface area contributed by atoms with Crippen LogP contribution < -0.4 is 4.74 Å². The van der Waals surface area contributed by atoms with Crippen LogP contribution >= 0.6 is 0 Å². The number of hydrogen-bond donors (Lipinski definition) is 0. The second kappa shape index (κ2) is 5.59. The molecule has 0 aliphatic carbocycles. The first kappa shape index (κ1) is 15.6. The molecule has 2 nitrogen and oxygen atoms in total. The summed E-state index contributed by atoms with van der Waals surface area (Å²) in [7, 11) is 0. The van der Waals surface area contributed by atoms with Gasteiger partial charge < -0.3 is 4.74 Å². The van der Waals surface area contributed by atoms with Crippen molar-refractivity contribution < 1.29 is 9.53 Å². The molecule has 25 heavy (non-hydrogen) atoms. The first-order chi connectivity index (χ1) is 12.0. The third kappa shape index (κ3) is 2.21. The number of fused-ring (bicyclic) bond motifs is 1.